The molecule has 1 saturated heterocycles. The van der Waals surface area contributed by atoms with E-state index < -0.39 is 0 Å². The average Bonchev–Trinajstić information content (AvgIpc) is 2.80. The molecule has 1 aliphatic rings. The number of anilines is 2. The van der Waals surface area contributed by atoms with Crippen molar-refractivity contribution in [1.82, 2.24) is 14.9 Å². The summed E-state index contributed by atoms with van der Waals surface area (Å²) < 4.78 is 17.4. The highest BCUT2D eigenvalue weighted by molar-refractivity contribution is 5.55. The maximum atomic E-state index is 6.04. The highest BCUT2D eigenvalue weighted by Gasteiger charge is 2.23. The fourth-order valence-corrected chi connectivity index (χ4v) is 3.88. The zero-order valence-electron chi connectivity index (χ0n) is 19.7. The van der Waals surface area contributed by atoms with Gasteiger partial charge >= 0.3 is 0 Å². The van der Waals surface area contributed by atoms with Gasteiger partial charge in [0.15, 0.2) is 11.5 Å². The highest BCUT2D eigenvalue weighted by Crippen LogP contribution is 2.30. The lowest BCUT2D eigenvalue weighted by molar-refractivity contribution is -0.0350. The molecule has 7 nitrogen and oxygen atoms in total. The number of pyridine rings is 2. The molecule has 0 bridgehead atoms. The summed E-state index contributed by atoms with van der Waals surface area (Å²) in [5.41, 5.74) is 3.99. The number of nitrogens with zero attached hydrogens (tertiary/aromatic N) is 3. The normalized spacial score (nSPS) is 16.6. The van der Waals surface area contributed by atoms with Crippen molar-refractivity contribution >= 4 is 11.5 Å². The van der Waals surface area contributed by atoms with E-state index in [4.69, 9.17) is 14.2 Å². The number of benzene rings is 1. The third-order valence-electron chi connectivity index (χ3n) is 5.42. The van der Waals surface area contributed by atoms with Crippen molar-refractivity contribution in [2.24, 2.45) is 0 Å². The molecule has 1 N–H and O–H groups in total. The van der Waals surface area contributed by atoms with Gasteiger partial charge in [-0.1, -0.05) is 12.1 Å². The van der Waals surface area contributed by atoms with Crippen molar-refractivity contribution in [2.75, 3.05) is 32.1 Å². The van der Waals surface area contributed by atoms with Gasteiger partial charge < -0.3 is 19.5 Å². The zero-order valence-corrected chi connectivity index (χ0v) is 19.7. The average molecular weight is 449 g/mol. The molecule has 0 radical (unpaired) electrons. The van der Waals surface area contributed by atoms with E-state index >= 15 is 0 Å². The Kier molecular flexibility index (Phi) is 7.42. The van der Waals surface area contributed by atoms with Crippen molar-refractivity contribution in [3.63, 3.8) is 0 Å². The summed E-state index contributed by atoms with van der Waals surface area (Å²) in [6.07, 6.45) is 1.86. The van der Waals surface area contributed by atoms with Crippen molar-refractivity contribution in [1.29, 1.82) is 0 Å². The quantitative estimate of drug-likeness (QED) is 0.526. The molecule has 1 fully saturated rings. The van der Waals surface area contributed by atoms with Crippen LogP contribution < -0.4 is 14.8 Å². The minimum atomic E-state index is -0.0606. The van der Waals surface area contributed by atoms with Crippen LogP contribution in [0.25, 0.3) is 0 Å². The molecule has 0 saturated carbocycles. The second kappa shape index (κ2) is 10.6. The number of nitrogens with one attached hydrogen (secondary N) is 1. The summed E-state index contributed by atoms with van der Waals surface area (Å²) in [5, 5.41) is 3.30. The monoisotopic (exact) mass is 448 g/mol. The first-order valence-electron chi connectivity index (χ1n) is 11.3. The van der Waals surface area contributed by atoms with E-state index in [-0.39, 0.29) is 12.2 Å². The maximum Gasteiger partial charge on any atom is 0.161 e. The minimum absolute atomic E-state index is 0.0606. The van der Waals surface area contributed by atoms with Crippen LogP contribution in [0.2, 0.25) is 0 Å². The van der Waals surface area contributed by atoms with Crippen LogP contribution in [0.15, 0.2) is 54.7 Å². The molecule has 0 aliphatic carbocycles. The van der Waals surface area contributed by atoms with Gasteiger partial charge in [0.1, 0.15) is 11.9 Å². The first kappa shape index (κ1) is 23.0. The third-order valence-corrected chi connectivity index (χ3v) is 5.42. The Bertz CT molecular complexity index is 1060. The van der Waals surface area contributed by atoms with Crippen LogP contribution in [0.3, 0.4) is 0 Å². The molecule has 3 aromatic rings. The van der Waals surface area contributed by atoms with E-state index in [1.165, 1.54) is 5.56 Å². The molecule has 7 heteroatoms. The topological polar surface area (TPSA) is 68.7 Å². The van der Waals surface area contributed by atoms with E-state index in [1.807, 2.05) is 63.4 Å². The van der Waals surface area contributed by atoms with Gasteiger partial charge in [-0.25, -0.2) is 4.98 Å². The summed E-state index contributed by atoms with van der Waals surface area (Å²) >= 11 is 0. The molecule has 4 rings (SSSR count). The SMILES string of the molecule is COc1ccc(CN2CCOC(c3ccc(Nc4cccc(C)n4)cn3)C2)cc1OC(C)C. The Hall–Kier alpha value is -3.16. The minimum Gasteiger partial charge on any atom is -0.493 e. The number of hydrogen-bond donors (Lipinski definition) is 1. The summed E-state index contributed by atoms with van der Waals surface area (Å²) in [5.74, 6) is 2.35. The van der Waals surface area contributed by atoms with Crippen LogP contribution in [0.5, 0.6) is 11.5 Å². The maximum absolute atomic E-state index is 6.04. The molecular weight excluding hydrogens is 416 g/mol. The number of rotatable bonds is 8. The van der Waals surface area contributed by atoms with E-state index in [9.17, 15) is 0 Å². The van der Waals surface area contributed by atoms with Crippen LogP contribution in [-0.2, 0) is 11.3 Å². The third kappa shape index (κ3) is 6.21. The van der Waals surface area contributed by atoms with Gasteiger partial charge in [0.05, 0.1) is 37.4 Å². The number of hydrogen-bond acceptors (Lipinski definition) is 7. The van der Waals surface area contributed by atoms with Gasteiger partial charge in [-0.3, -0.25) is 9.88 Å². The van der Waals surface area contributed by atoms with E-state index in [1.54, 1.807) is 7.11 Å². The largest absolute Gasteiger partial charge is 0.493 e. The van der Waals surface area contributed by atoms with Gasteiger partial charge in [-0.15, -0.1) is 0 Å². The molecular formula is C26H32N4O3. The molecule has 1 aliphatic heterocycles. The second-order valence-corrected chi connectivity index (χ2v) is 8.51. The molecule has 2 aromatic heterocycles. The summed E-state index contributed by atoms with van der Waals surface area (Å²) in [6.45, 7) is 9.16. The van der Waals surface area contributed by atoms with Crippen molar-refractivity contribution in [2.45, 2.75) is 39.5 Å². The van der Waals surface area contributed by atoms with Gasteiger partial charge in [0.25, 0.3) is 0 Å². The molecule has 1 aromatic carbocycles. The Morgan fingerprint density at radius 2 is 2.03 bits per heavy atom. The van der Waals surface area contributed by atoms with Crippen LogP contribution in [-0.4, -0.2) is 47.8 Å². The zero-order chi connectivity index (χ0) is 23.2. The molecule has 3 heterocycles. The lowest BCUT2D eigenvalue weighted by Gasteiger charge is -2.32. The molecule has 1 unspecified atom stereocenters. The van der Waals surface area contributed by atoms with E-state index in [2.05, 4.69) is 32.3 Å². The van der Waals surface area contributed by atoms with E-state index in [0.717, 1.165) is 54.0 Å². The Balaban J connectivity index is 1.39. The highest BCUT2D eigenvalue weighted by atomic mass is 16.5. The smallest absolute Gasteiger partial charge is 0.161 e. The van der Waals surface area contributed by atoms with Crippen LogP contribution >= 0.6 is 0 Å². The number of methoxy groups -OCH3 is 1. The molecule has 174 valence electrons. The number of ether oxygens (including phenoxy) is 3. The van der Waals surface area contributed by atoms with Crippen molar-refractivity contribution < 1.29 is 14.2 Å². The van der Waals surface area contributed by atoms with Gasteiger partial charge in [-0.05, 0) is 62.7 Å². The Labute approximate surface area is 195 Å². The molecule has 0 spiro atoms. The van der Waals surface area contributed by atoms with Crippen molar-refractivity contribution in [3.8, 4) is 11.5 Å². The number of aromatic nitrogens is 2. The number of morpholine rings is 1. The summed E-state index contributed by atoms with van der Waals surface area (Å²) in [4.78, 5) is 11.5. The van der Waals surface area contributed by atoms with Gasteiger partial charge in [0.2, 0.25) is 0 Å². The standard InChI is InChI=1S/C26H32N4O3/c1-18(2)33-24-14-20(8-11-23(24)31-4)16-30-12-13-32-25(17-30)22-10-9-21(15-27-22)29-26-7-5-6-19(3)28-26/h5-11,14-15,18,25H,12-13,16-17H2,1-4H3,(H,28,29). The first-order valence-corrected chi connectivity index (χ1v) is 11.3. The number of aryl methyl sites for hydroxylation is 1. The molecule has 0 amide bonds. The predicted molar refractivity (Wildman–Crippen MR) is 129 cm³/mol. The Morgan fingerprint density at radius 3 is 2.76 bits per heavy atom. The summed E-state index contributed by atoms with van der Waals surface area (Å²) in [6, 6.07) is 16.1. The molecule has 33 heavy (non-hydrogen) atoms. The fourth-order valence-electron chi connectivity index (χ4n) is 3.88. The van der Waals surface area contributed by atoms with Crippen molar-refractivity contribution in [3.05, 3.63) is 71.7 Å². The van der Waals surface area contributed by atoms with Crippen LogP contribution in [0.1, 0.15) is 36.9 Å². The van der Waals surface area contributed by atoms with Gasteiger partial charge in [0, 0.05) is 25.3 Å². The second-order valence-electron chi connectivity index (χ2n) is 8.51. The van der Waals surface area contributed by atoms with Crippen LogP contribution in [0.4, 0.5) is 11.5 Å². The predicted octanol–water partition coefficient (Wildman–Crippen LogP) is 4.90. The molecule has 1 atom stereocenters. The van der Waals surface area contributed by atoms with Gasteiger partial charge in [-0.2, -0.15) is 0 Å². The first-order chi connectivity index (χ1) is 16.0. The van der Waals surface area contributed by atoms with E-state index in [0.29, 0.717) is 6.61 Å². The van der Waals surface area contributed by atoms with Crippen LogP contribution in [0, 0.1) is 6.92 Å². The summed E-state index contributed by atoms with van der Waals surface area (Å²) in [7, 11) is 1.67. The lowest BCUT2D eigenvalue weighted by Crippen LogP contribution is -2.38. The fraction of sp³-hybridized carbons (Fsp3) is 0.385. The lowest BCUT2D eigenvalue weighted by atomic mass is 10.1. The Morgan fingerprint density at radius 1 is 1.15 bits per heavy atom.